The summed E-state index contributed by atoms with van der Waals surface area (Å²) in [6, 6.07) is 10.2. The number of hydrogen-bond acceptors (Lipinski definition) is 6. The van der Waals surface area contributed by atoms with Crippen molar-refractivity contribution in [3.05, 3.63) is 64.2 Å². The molecule has 182 valence electrons. The predicted octanol–water partition coefficient (Wildman–Crippen LogP) is 4.56. The minimum Gasteiger partial charge on any atom is -0.507 e. The van der Waals surface area contributed by atoms with E-state index in [0.29, 0.717) is 36.6 Å². The molecule has 7 nitrogen and oxygen atoms in total. The Bertz CT molecular complexity index is 1090. The fourth-order valence-corrected chi connectivity index (χ4v) is 4.25. The molecular weight excluding hydrogens is 434 g/mol. The number of Topliss-reactive ketones (excluding diaryl/α,β-unsaturated/α-hetero) is 1. The molecule has 34 heavy (non-hydrogen) atoms. The highest BCUT2D eigenvalue weighted by Gasteiger charge is 2.46. The summed E-state index contributed by atoms with van der Waals surface area (Å²) in [4.78, 5) is 27.7. The number of hydrogen-bond donors (Lipinski definition) is 1. The van der Waals surface area contributed by atoms with Gasteiger partial charge in [0.25, 0.3) is 11.7 Å². The Hall–Kier alpha value is -3.32. The number of aliphatic hydroxyl groups is 1. The number of nitrogens with zero attached hydrogens (tertiary/aromatic N) is 1. The Morgan fingerprint density at radius 3 is 2.32 bits per heavy atom. The first-order valence-electron chi connectivity index (χ1n) is 11.4. The van der Waals surface area contributed by atoms with Crippen LogP contribution in [0.3, 0.4) is 0 Å². The minimum absolute atomic E-state index is 0.0202. The van der Waals surface area contributed by atoms with Gasteiger partial charge < -0.3 is 24.2 Å². The van der Waals surface area contributed by atoms with Crippen molar-refractivity contribution in [2.24, 2.45) is 0 Å². The number of carbonyl (C=O) groups excluding carboxylic acids is 2. The molecule has 1 aliphatic rings. The summed E-state index contributed by atoms with van der Waals surface area (Å²) < 4.78 is 16.3. The van der Waals surface area contributed by atoms with E-state index in [1.54, 1.807) is 20.3 Å². The van der Waals surface area contributed by atoms with E-state index in [2.05, 4.69) is 0 Å². The third kappa shape index (κ3) is 5.09. The van der Waals surface area contributed by atoms with Crippen molar-refractivity contribution in [1.29, 1.82) is 0 Å². The molecule has 7 heteroatoms. The first kappa shape index (κ1) is 25.3. The Kier molecular flexibility index (Phi) is 7.99. The second-order valence-corrected chi connectivity index (χ2v) is 8.71. The van der Waals surface area contributed by atoms with Gasteiger partial charge in [0.1, 0.15) is 17.3 Å². The molecule has 1 unspecified atom stereocenters. The molecular formula is C27H33NO6. The average molecular weight is 468 g/mol. The van der Waals surface area contributed by atoms with E-state index < -0.39 is 17.7 Å². The van der Waals surface area contributed by atoms with Gasteiger partial charge in [-0.3, -0.25) is 9.59 Å². The SMILES string of the molecule is COCCCN1C(=O)C(=O)/C(=C(/O)c2cc(C)c(OC)cc2C)C1c1ccc(OC(C)C)cc1. The van der Waals surface area contributed by atoms with Crippen molar-refractivity contribution in [2.45, 2.75) is 46.3 Å². The molecule has 3 rings (SSSR count). The fourth-order valence-electron chi connectivity index (χ4n) is 4.25. The van der Waals surface area contributed by atoms with Gasteiger partial charge in [-0.15, -0.1) is 0 Å². The molecule has 0 aliphatic carbocycles. The summed E-state index contributed by atoms with van der Waals surface area (Å²) in [6.45, 7) is 8.36. The Labute approximate surface area is 200 Å². The van der Waals surface area contributed by atoms with Gasteiger partial charge in [0.15, 0.2) is 0 Å². The molecule has 1 fully saturated rings. The van der Waals surface area contributed by atoms with Gasteiger partial charge >= 0.3 is 0 Å². The normalized spacial score (nSPS) is 17.5. The van der Waals surface area contributed by atoms with Crippen molar-refractivity contribution in [1.82, 2.24) is 4.90 Å². The zero-order valence-electron chi connectivity index (χ0n) is 20.7. The largest absolute Gasteiger partial charge is 0.507 e. The molecule has 1 N–H and O–H groups in total. The van der Waals surface area contributed by atoms with Gasteiger partial charge in [-0.2, -0.15) is 0 Å². The number of aryl methyl sites for hydroxylation is 2. The first-order chi connectivity index (χ1) is 16.2. The van der Waals surface area contributed by atoms with Crippen LogP contribution in [0.25, 0.3) is 5.76 Å². The number of rotatable bonds is 9. The van der Waals surface area contributed by atoms with E-state index in [-0.39, 0.29) is 17.4 Å². The number of benzene rings is 2. The van der Waals surface area contributed by atoms with E-state index >= 15 is 0 Å². The molecule has 2 aromatic rings. The molecule has 1 amide bonds. The van der Waals surface area contributed by atoms with Gasteiger partial charge in [0.2, 0.25) is 0 Å². The lowest BCUT2D eigenvalue weighted by Crippen LogP contribution is -2.31. The quantitative estimate of drug-likeness (QED) is 0.252. The second-order valence-electron chi connectivity index (χ2n) is 8.71. The molecule has 0 bridgehead atoms. The van der Waals surface area contributed by atoms with Crippen LogP contribution in [0.1, 0.15) is 48.6 Å². The van der Waals surface area contributed by atoms with Crippen LogP contribution >= 0.6 is 0 Å². The highest BCUT2D eigenvalue weighted by molar-refractivity contribution is 6.46. The zero-order chi connectivity index (χ0) is 25.0. The minimum atomic E-state index is -0.716. The monoisotopic (exact) mass is 467 g/mol. The van der Waals surface area contributed by atoms with Gasteiger partial charge in [-0.25, -0.2) is 0 Å². The zero-order valence-corrected chi connectivity index (χ0v) is 20.7. The fraction of sp³-hybridized carbons (Fsp3) is 0.407. The van der Waals surface area contributed by atoms with Crippen LogP contribution in [0.15, 0.2) is 42.0 Å². The smallest absolute Gasteiger partial charge is 0.295 e. The summed E-state index contributed by atoms with van der Waals surface area (Å²) in [5.41, 5.74) is 2.85. The highest BCUT2D eigenvalue weighted by Crippen LogP contribution is 2.41. The molecule has 0 spiro atoms. The predicted molar refractivity (Wildman–Crippen MR) is 130 cm³/mol. The van der Waals surface area contributed by atoms with Crippen LogP contribution in [0, 0.1) is 13.8 Å². The number of ether oxygens (including phenoxy) is 3. The van der Waals surface area contributed by atoms with E-state index in [9.17, 15) is 14.7 Å². The standard InChI is InChI=1S/C27H33NO6/c1-16(2)34-20-10-8-19(9-11-20)24-23(26(30)27(31)28(24)12-7-13-32-5)25(29)21-14-18(4)22(33-6)15-17(21)3/h8-11,14-16,24,29H,7,12-13H2,1-6H3/b25-23+. The summed E-state index contributed by atoms with van der Waals surface area (Å²) in [7, 11) is 3.17. The number of amides is 1. The van der Waals surface area contributed by atoms with Gasteiger partial charge in [-0.05, 0) is 75.1 Å². The Balaban J connectivity index is 2.13. The van der Waals surface area contributed by atoms with Crippen LogP contribution in [0.4, 0.5) is 0 Å². The molecule has 1 atom stereocenters. The lowest BCUT2D eigenvalue weighted by Gasteiger charge is -2.25. The Morgan fingerprint density at radius 1 is 1.06 bits per heavy atom. The van der Waals surface area contributed by atoms with Crippen molar-refractivity contribution in [2.75, 3.05) is 27.4 Å². The number of likely N-dealkylation sites (tertiary alicyclic amines) is 1. The van der Waals surface area contributed by atoms with E-state index in [1.807, 2.05) is 58.0 Å². The topological polar surface area (TPSA) is 85.3 Å². The van der Waals surface area contributed by atoms with Gasteiger partial charge in [-0.1, -0.05) is 12.1 Å². The molecule has 1 heterocycles. The maximum absolute atomic E-state index is 13.2. The third-order valence-electron chi connectivity index (χ3n) is 5.85. The molecule has 0 radical (unpaired) electrons. The summed E-state index contributed by atoms with van der Waals surface area (Å²) in [5.74, 6) is -0.144. The molecule has 2 aromatic carbocycles. The molecule has 0 saturated carbocycles. The lowest BCUT2D eigenvalue weighted by atomic mass is 9.93. The van der Waals surface area contributed by atoms with Crippen molar-refractivity contribution < 1.29 is 28.9 Å². The Morgan fingerprint density at radius 2 is 1.74 bits per heavy atom. The summed E-state index contributed by atoms with van der Waals surface area (Å²) >= 11 is 0. The third-order valence-corrected chi connectivity index (χ3v) is 5.85. The second kappa shape index (κ2) is 10.7. The number of carbonyl (C=O) groups is 2. The number of methoxy groups -OCH3 is 2. The maximum atomic E-state index is 13.2. The first-order valence-corrected chi connectivity index (χ1v) is 11.4. The van der Waals surface area contributed by atoms with Crippen molar-refractivity contribution >= 4 is 17.4 Å². The van der Waals surface area contributed by atoms with Gasteiger partial charge in [0, 0.05) is 25.8 Å². The van der Waals surface area contributed by atoms with E-state index in [4.69, 9.17) is 14.2 Å². The summed E-state index contributed by atoms with van der Waals surface area (Å²) in [6.07, 6.45) is 0.585. The van der Waals surface area contributed by atoms with Gasteiger partial charge in [0.05, 0.1) is 24.8 Å². The van der Waals surface area contributed by atoms with E-state index in [0.717, 1.165) is 16.7 Å². The van der Waals surface area contributed by atoms with E-state index in [1.165, 1.54) is 4.90 Å². The number of ketones is 1. The van der Waals surface area contributed by atoms with Crippen LogP contribution in [0.2, 0.25) is 0 Å². The van der Waals surface area contributed by atoms with Crippen LogP contribution in [-0.4, -0.2) is 55.2 Å². The molecule has 1 aliphatic heterocycles. The maximum Gasteiger partial charge on any atom is 0.295 e. The van der Waals surface area contributed by atoms with Crippen LogP contribution in [0.5, 0.6) is 11.5 Å². The average Bonchev–Trinajstić information content (AvgIpc) is 3.05. The molecule has 0 aromatic heterocycles. The highest BCUT2D eigenvalue weighted by atomic mass is 16.5. The van der Waals surface area contributed by atoms with Crippen LogP contribution in [-0.2, 0) is 14.3 Å². The lowest BCUT2D eigenvalue weighted by molar-refractivity contribution is -0.140. The number of aliphatic hydroxyl groups excluding tert-OH is 1. The van der Waals surface area contributed by atoms with Crippen LogP contribution < -0.4 is 9.47 Å². The molecule has 1 saturated heterocycles. The van der Waals surface area contributed by atoms with Crippen molar-refractivity contribution in [3.8, 4) is 11.5 Å². The summed E-state index contributed by atoms with van der Waals surface area (Å²) in [5, 5.41) is 11.4. The van der Waals surface area contributed by atoms with Crippen molar-refractivity contribution in [3.63, 3.8) is 0 Å².